The van der Waals surface area contributed by atoms with Crippen molar-refractivity contribution in [2.45, 2.75) is 19.3 Å². The Balaban J connectivity index is 1.47. The Morgan fingerprint density at radius 1 is 1.41 bits per heavy atom. The van der Waals surface area contributed by atoms with E-state index in [0.29, 0.717) is 12.3 Å². The minimum Gasteiger partial charge on any atom is -0.356 e. The van der Waals surface area contributed by atoms with Crippen LogP contribution in [-0.2, 0) is 11.2 Å². The number of rotatable bonds is 5. The van der Waals surface area contributed by atoms with Gasteiger partial charge in [-0.1, -0.05) is 6.07 Å². The van der Waals surface area contributed by atoms with Crippen LogP contribution in [0.4, 0.5) is 5.82 Å². The summed E-state index contributed by atoms with van der Waals surface area (Å²) in [5.41, 5.74) is 1.10. The van der Waals surface area contributed by atoms with Gasteiger partial charge in [0.15, 0.2) is 0 Å². The summed E-state index contributed by atoms with van der Waals surface area (Å²) in [6.07, 6.45) is 4.64. The minimum atomic E-state index is 0.119. The molecule has 1 amide bonds. The second-order valence-corrected chi connectivity index (χ2v) is 6.53. The molecule has 3 rings (SSSR count). The lowest BCUT2D eigenvalue weighted by Crippen LogP contribution is -2.41. The van der Waals surface area contributed by atoms with Gasteiger partial charge >= 0.3 is 0 Å². The summed E-state index contributed by atoms with van der Waals surface area (Å²) in [5, 5.41) is 7.12. The number of hydrogen-bond acceptors (Lipinski definition) is 4. The average Bonchev–Trinajstić information content (AvgIpc) is 3.07. The molecule has 5 heteroatoms. The van der Waals surface area contributed by atoms with Crippen molar-refractivity contribution in [2.75, 3.05) is 24.5 Å². The summed E-state index contributed by atoms with van der Waals surface area (Å²) in [6, 6.07) is 8.02. The van der Waals surface area contributed by atoms with Crippen LogP contribution in [0.1, 0.15) is 18.4 Å². The number of aromatic nitrogens is 1. The Morgan fingerprint density at radius 3 is 3.14 bits per heavy atom. The van der Waals surface area contributed by atoms with E-state index in [2.05, 4.69) is 21.3 Å². The third kappa shape index (κ3) is 4.07. The molecule has 1 atom stereocenters. The first-order chi connectivity index (χ1) is 10.8. The van der Waals surface area contributed by atoms with Gasteiger partial charge in [-0.15, -0.1) is 0 Å². The van der Waals surface area contributed by atoms with Crippen molar-refractivity contribution in [3.8, 4) is 0 Å². The van der Waals surface area contributed by atoms with Crippen LogP contribution in [0.15, 0.2) is 41.2 Å². The Morgan fingerprint density at radius 2 is 2.36 bits per heavy atom. The summed E-state index contributed by atoms with van der Waals surface area (Å²) in [5.74, 6) is 1.66. The molecule has 0 aromatic carbocycles. The number of hydrogen-bond donors (Lipinski definition) is 1. The van der Waals surface area contributed by atoms with Crippen molar-refractivity contribution in [3.05, 3.63) is 46.8 Å². The second kappa shape index (κ2) is 7.40. The monoisotopic (exact) mass is 315 g/mol. The highest BCUT2D eigenvalue weighted by Gasteiger charge is 2.21. The van der Waals surface area contributed by atoms with E-state index < -0.39 is 0 Å². The van der Waals surface area contributed by atoms with Crippen molar-refractivity contribution in [2.24, 2.45) is 5.92 Å². The van der Waals surface area contributed by atoms with E-state index in [1.165, 1.54) is 6.42 Å². The van der Waals surface area contributed by atoms with Crippen LogP contribution >= 0.6 is 11.3 Å². The van der Waals surface area contributed by atoms with Crippen LogP contribution in [0, 0.1) is 5.92 Å². The fourth-order valence-corrected chi connectivity index (χ4v) is 3.55. The van der Waals surface area contributed by atoms with Gasteiger partial charge in [0.2, 0.25) is 5.91 Å². The van der Waals surface area contributed by atoms with Gasteiger partial charge in [-0.2, -0.15) is 11.3 Å². The number of carbonyl (C=O) groups is 1. The molecule has 1 aliphatic rings. The first-order valence-corrected chi connectivity index (χ1v) is 8.69. The molecule has 0 unspecified atom stereocenters. The molecule has 22 heavy (non-hydrogen) atoms. The first-order valence-electron chi connectivity index (χ1n) is 7.75. The summed E-state index contributed by atoms with van der Waals surface area (Å²) in [7, 11) is 0. The van der Waals surface area contributed by atoms with Crippen LogP contribution in [0.25, 0.3) is 0 Å². The minimum absolute atomic E-state index is 0.119. The Kier molecular flexibility index (Phi) is 5.06. The summed E-state index contributed by atoms with van der Waals surface area (Å²) in [4.78, 5) is 18.7. The predicted octanol–water partition coefficient (Wildman–Crippen LogP) is 2.72. The van der Waals surface area contributed by atoms with Gasteiger partial charge in [0.05, 0.1) is 6.42 Å². The van der Waals surface area contributed by atoms with E-state index in [0.717, 1.165) is 37.4 Å². The molecule has 2 aromatic rings. The van der Waals surface area contributed by atoms with Crippen LogP contribution in [0.2, 0.25) is 0 Å². The molecule has 116 valence electrons. The molecule has 0 saturated carbocycles. The molecule has 4 nitrogen and oxygen atoms in total. The van der Waals surface area contributed by atoms with E-state index in [4.69, 9.17) is 0 Å². The molecular formula is C17H21N3OS. The lowest BCUT2D eigenvalue weighted by molar-refractivity contribution is -0.120. The van der Waals surface area contributed by atoms with Gasteiger partial charge in [-0.25, -0.2) is 4.98 Å². The fraction of sp³-hybridized carbons (Fsp3) is 0.412. The summed E-state index contributed by atoms with van der Waals surface area (Å²) >= 11 is 1.63. The van der Waals surface area contributed by atoms with E-state index in [9.17, 15) is 4.79 Å². The quantitative estimate of drug-likeness (QED) is 0.923. The second-order valence-electron chi connectivity index (χ2n) is 5.75. The van der Waals surface area contributed by atoms with E-state index >= 15 is 0 Å². The van der Waals surface area contributed by atoms with Crippen molar-refractivity contribution in [1.29, 1.82) is 0 Å². The molecule has 0 radical (unpaired) electrons. The molecule has 1 N–H and O–H groups in total. The first kappa shape index (κ1) is 15.0. The fourth-order valence-electron chi connectivity index (χ4n) is 2.88. The zero-order valence-corrected chi connectivity index (χ0v) is 13.4. The summed E-state index contributed by atoms with van der Waals surface area (Å²) in [6.45, 7) is 2.78. The van der Waals surface area contributed by atoms with Crippen LogP contribution in [0.3, 0.4) is 0 Å². The SMILES string of the molecule is O=C(Cc1ccsc1)NC[C@H]1CCCN(c2ccccn2)C1. The Bertz CT molecular complexity index is 585. The van der Waals surface area contributed by atoms with Gasteiger partial charge in [-0.3, -0.25) is 4.79 Å². The highest BCUT2D eigenvalue weighted by atomic mass is 32.1. The van der Waals surface area contributed by atoms with Gasteiger partial charge in [0.1, 0.15) is 5.82 Å². The van der Waals surface area contributed by atoms with E-state index in [-0.39, 0.29) is 5.91 Å². The molecule has 0 spiro atoms. The zero-order chi connectivity index (χ0) is 15.2. The van der Waals surface area contributed by atoms with E-state index in [1.54, 1.807) is 11.3 Å². The number of thiophene rings is 1. The normalized spacial score (nSPS) is 18.2. The van der Waals surface area contributed by atoms with Crippen molar-refractivity contribution >= 4 is 23.1 Å². The molecule has 0 aliphatic carbocycles. The Labute approximate surface area is 135 Å². The number of piperidine rings is 1. The van der Waals surface area contributed by atoms with Crippen molar-refractivity contribution in [3.63, 3.8) is 0 Å². The largest absolute Gasteiger partial charge is 0.356 e. The number of nitrogens with one attached hydrogen (secondary N) is 1. The molecule has 1 aliphatic heterocycles. The van der Waals surface area contributed by atoms with Crippen LogP contribution in [0.5, 0.6) is 0 Å². The topological polar surface area (TPSA) is 45.2 Å². The predicted molar refractivity (Wildman–Crippen MR) is 90.2 cm³/mol. The third-order valence-corrected chi connectivity index (χ3v) is 4.76. The van der Waals surface area contributed by atoms with Gasteiger partial charge < -0.3 is 10.2 Å². The average molecular weight is 315 g/mol. The number of carbonyl (C=O) groups excluding carboxylic acids is 1. The lowest BCUT2D eigenvalue weighted by atomic mass is 9.98. The number of anilines is 1. The van der Waals surface area contributed by atoms with Gasteiger partial charge in [0.25, 0.3) is 0 Å². The van der Waals surface area contributed by atoms with Gasteiger partial charge in [0, 0.05) is 25.8 Å². The number of pyridine rings is 1. The van der Waals surface area contributed by atoms with Gasteiger partial charge in [-0.05, 0) is 53.3 Å². The van der Waals surface area contributed by atoms with Crippen LogP contribution in [-0.4, -0.2) is 30.5 Å². The molecule has 2 aromatic heterocycles. The molecule has 1 saturated heterocycles. The standard InChI is InChI=1S/C17H21N3OS/c21-17(10-14-6-9-22-13-14)19-11-15-4-3-8-20(12-15)16-5-1-2-7-18-16/h1-2,5-7,9,13,15H,3-4,8,10-12H2,(H,19,21)/t15-/m1/s1. The third-order valence-electron chi connectivity index (χ3n) is 4.02. The highest BCUT2D eigenvalue weighted by molar-refractivity contribution is 7.07. The van der Waals surface area contributed by atoms with Crippen molar-refractivity contribution in [1.82, 2.24) is 10.3 Å². The zero-order valence-electron chi connectivity index (χ0n) is 12.6. The highest BCUT2D eigenvalue weighted by Crippen LogP contribution is 2.20. The number of nitrogens with zero attached hydrogens (tertiary/aromatic N) is 2. The van der Waals surface area contributed by atoms with E-state index in [1.807, 2.05) is 35.2 Å². The maximum atomic E-state index is 12.0. The molecular weight excluding hydrogens is 294 g/mol. The maximum Gasteiger partial charge on any atom is 0.224 e. The lowest BCUT2D eigenvalue weighted by Gasteiger charge is -2.33. The summed E-state index contributed by atoms with van der Waals surface area (Å²) < 4.78 is 0. The smallest absolute Gasteiger partial charge is 0.224 e. The maximum absolute atomic E-state index is 12.0. The molecule has 1 fully saturated rings. The van der Waals surface area contributed by atoms with Crippen molar-refractivity contribution < 1.29 is 4.79 Å². The Hall–Kier alpha value is -1.88. The number of amides is 1. The molecule has 0 bridgehead atoms. The molecule has 3 heterocycles. The van der Waals surface area contributed by atoms with Crippen LogP contribution < -0.4 is 10.2 Å².